The lowest BCUT2D eigenvalue weighted by atomic mass is 10.2. The predicted molar refractivity (Wildman–Crippen MR) is 86.1 cm³/mol. The molecule has 0 fully saturated rings. The molecular weight excluding hydrogens is 312 g/mol. The Morgan fingerprint density at radius 1 is 1.38 bits per heavy atom. The van der Waals surface area contributed by atoms with E-state index in [1.165, 1.54) is 4.31 Å². The van der Waals surface area contributed by atoms with Crippen LogP contribution in [0.2, 0.25) is 5.02 Å². The number of hydrogen-bond donors (Lipinski definition) is 1. The highest BCUT2D eigenvalue weighted by atomic mass is 35.5. The lowest BCUT2D eigenvalue weighted by Crippen LogP contribution is -2.38. The van der Waals surface area contributed by atoms with Gasteiger partial charge in [0.1, 0.15) is 0 Å². The highest BCUT2D eigenvalue weighted by molar-refractivity contribution is 7.88. The first-order valence-corrected chi connectivity index (χ1v) is 8.87. The van der Waals surface area contributed by atoms with Crippen molar-refractivity contribution in [2.24, 2.45) is 0 Å². The maximum absolute atomic E-state index is 12.0. The molecule has 0 bridgehead atoms. The Kier molecular flexibility index (Phi) is 6.19. The average molecular weight is 333 g/mol. The summed E-state index contributed by atoms with van der Waals surface area (Å²) >= 11 is 5.99. The van der Waals surface area contributed by atoms with Crippen molar-refractivity contribution < 1.29 is 13.2 Å². The molecule has 1 aromatic carbocycles. The van der Waals surface area contributed by atoms with E-state index in [0.717, 1.165) is 11.8 Å². The van der Waals surface area contributed by atoms with Gasteiger partial charge in [-0.25, -0.2) is 8.42 Å². The van der Waals surface area contributed by atoms with Gasteiger partial charge in [-0.2, -0.15) is 4.31 Å². The van der Waals surface area contributed by atoms with E-state index in [1.54, 1.807) is 32.0 Å². The van der Waals surface area contributed by atoms with Crippen LogP contribution in [0.25, 0.3) is 0 Å². The second-order valence-electron chi connectivity index (χ2n) is 5.18. The maximum atomic E-state index is 12.0. The number of carbonyl (C=O) groups is 1. The Labute approximate surface area is 131 Å². The van der Waals surface area contributed by atoms with Gasteiger partial charge >= 0.3 is 0 Å². The molecule has 7 heteroatoms. The third-order valence-electron chi connectivity index (χ3n) is 3.10. The largest absolute Gasteiger partial charge is 0.326 e. The van der Waals surface area contributed by atoms with Gasteiger partial charge in [-0.15, -0.1) is 0 Å². The first-order chi connectivity index (χ1) is 9.62. The third-order valence-corrected chi connectivity index (χ3v) is 4.97. The molecule has 118 valence electrons. The smallest absolute Gasteiger partial charge is 0.225 e. The fraction of sp³-hybridized carbons (Fsp3) is 0.500. The molecule has 0 atom stereocenters. The molecule has 0 aliphatic carbocycles. The fourth-order valence-electron chi connectivity index (χ4n) is 1.97. The second kappa shape index (κ2) is 7.24. The maximum Gasteiger partial charge on any atom is 0.225 e. The third kappa shape index (κ3) is 5.30. The zero-order valence-corrected chi connectivity index (χ0v) is 14.3. The standard InChI is InChI=1S/C14H21ClN2O3S/c1-10(2)17(21(4,19)20)9-8-14(18)16-13-7-5-6-12(15)11(13)3/h5-7,10H,8-9H2,1-4H3,(H,16,18). The molecule has 1 N–H and O–H groups in total. The van der Waals surface area contributed by atoms with Crippen molar-refractivity contribution in [2.75, 3.05) is 18.1 Å². The number of nitrogens with one attached hydrogen (secondary N) is 1. The number of carbonyl (C=O) groups excluding carboxylic acids is 1. The molecule has 1 amide bonds. The predicted octanol–water partition coefficient (Wildman–Crippen LogP) is 2.65. The Morgan fingerprint density at radius 3 is 2.52 bits per heavy atom. The number of anilines is 1. The van der Waals surface area contributed by atoms with Crippen LogP contribution in [-0.4, -0.2) is 37.5 Å². The minimum Gasteiger partial charge on any atom is -0.326 e. The molecule has 0 unspecified atom stereocenters. The number of amides is 1. The Hall–Kier alpha value is -1.11. The quantitative estimate of drug-likeness (QED) is 0.870. The van der Waals surface area contributed by atoms with Crippen molar-refractivity contribution in [3.05, 3.63) is 28.8 Å². The van der Waals surface area contributed by atoms with Gasteiger partial charge in [0, 0.05) is 29.7 Å². The molecule has 0 saturated carbocycles. The van der Waals surface area contributed by atoms with Crippen molar-refractivity contribution in [2.45, 2.75) is 33.2 Å². The normalized spacial score (nSPS) is 12.0. The lowest BCUT2D eigenvalue weighted by molar-refractivity contribution is -0.116. The van der Waals surface area contributed by atoms with Gasteiger partial charge in [0.05, 0.1) is 6.26 Å². The molecular formula is C14H21ClN2O3S. The molecule has 1 rings (SSSR count). The van der Waals surface area contributed by atoms with E-state index in [9.17, 15) is 13.2 Å². The first kappa shape index (κ1) is 17.9. The number of rotatable bonds is 6. The molecule has 0 saturated heterocycles. The Bertz CT molecular complexity index is 615. The number of halogens is 1. The number of nitrogens with zero attached hydrogens (tertiary/aromatic N) is 1. The van der Waals surface area contributed by atoms with E-state index in [-0.39, 0.29) is 24.9 Å². The average Bonchev–Trinajstić information content (AvgIpc) is 2.33. The summed E-state index contributed by atoms with van der Waals surface area (Å²) in [6, 6.07) is 5.08. The van der Waals surface area contributed by atoms with E-state index in [4.69, 9.17) is 11.6 Å². The molecule has 0 heterocycles. The minimum absolute atomic E-state index is 0.0944. The number of benzene rings is 1. The van der Waals surface area contributed by atoms with Crippen LogP contribution in [0, 0.1) is 6.92 Å². The zero-order valence-electron chi connectivity index (χ0n) is 12.7. The summed E-state index contributed by atoms with van der Waals surface area (Å²) in [7, 11) is -3.32. The second-order valence-corrected chi connectivity index (χ2v) is 7.52. The topological polar surface area (TPSA) is 66.5 Å². The SMILES string of the molecule is Cc1c(Cl)cccc1NC(=O)CCN(C(C)C)S(C)(=O)=O. The van der Waals surface area contributed by atoms with Gasteiger partial charge in [0.25, 0.3) is 0 Å². The van der Waals surface area contributed by atoms with Crippen LogP contribution in [0.3, 0.4) is 0 Å². The highest BCUT2D eigenvalue weighted by Crippen LogP contribution is 2.23. The summed E-state index contributed by atoms with van der Waals surface area (Å²) in [6.07, 6.45) is 1.24. The van der Waals surface area contributed by atoms with Gasteiger partial charge < -0.3 is 5.32 Å². The molecule has 0 aliphatic heterocycles. The molecule has 0 spiro atoms. The summed E-state index contributed by atoms with van der Waals surface area (Å²) in [4.78, 5) is 12.0. The highest BCUT2D eigenvalue weighted by Gasteiger charge is 2.21. The van der Waals surface area contributed by atoms with Gasteiger partial charge in [0.15, 0.2) is 0 Å². The van der Waals surface area contributed by atoms with Crippen LogP contribution in [0.1, 0.15) is 25.8 Å². The fourth-order valence-corrected chi connectivity index (χ4v) is 3.34. The van der Waals surface area contributed by atoms with Gasteiger partial charge in [0.2, 0.25) is 15.9 Å². The van der Waals surface area contributed by atoms with E-state index < -0.39 is 10.0 Å². The summed E-state index contributed by atoms with van der Waals surface area (Å²) in [5.41, 5.74) is 1.43. The molecule has 21 heavy (non-hydrogen) atoms. The molecule has 0 radical (unpaired) electrons. The van der Waals surface area contributed by atoms with E-state index in [2.05, 4.69) is 5.32 Å². The molecule has 0 aliphatic rings. The zero-order chi connectivity index (χ0) is 16.2. The van der Waals surface area contributed by atoms with Crippen molar-refractivity contribution in [1.29, 1.82) is 0 Å². The number of hydrogen-bond acceptors (Lipinski definition) is 3. The van der Waals surface area contributed by atoms with Gasteiger partial charge in [-0.3, -0.25) is 4.79 Å². The monoisotopic (exact) mass is 332 g/mol. The molecule has 0 aromatic heterocycles. The minimum atomic E-state index is -3.32. The van der Waals surface area contributed by atoms with Crippen LogP contribution in [0.4, 0.5) is 5.69 Å². The number of sulfonamides is 1. The lowest BCUT2D eigenvalue weighted by Gasteiger charge is -2.23. The van der Waals surface area contributed by atoms with E-state index >= 15 is 0 Å². The van der Waals surface area contributed by atoms with Crippen LogP contribution in [0.15, 0.2) is 18.2 Å². The summed E-state index contributed by atoms with van der Waals surface area (Å²) < 4.78 is 24.5. The Balaban J connectivity index is 2.68. The van der Waals surface area contributed by atoms with Crippen LogP contribution in [0.5, 0.6) is 0 Å². The Morgan fingerprint density at radius 2 is 2.00 bits per heavy atom. The van der Waals surface area contributed by atoms with Crippen molar-refractivity contribution in [1.82, 2.24) is 4.31 Å². The summed E-state index contributed by atoms with van der Waals surface area (Å²) in [6.45, 7) is 5.52. The van der Waals surface area contributed by atoms with Gasteiger partial charge in [-0.1, -0.05) is 17.7 Å². The first-order valence-electron chi connectivity index (χ1n) is 6.64. The van der Waals surface area contributed by atoms with Crippen molar-refractivity contribution in [3.63, 3.8) is 0 Å². The summed E-state index contributed by atoms with van der Waals surface area (Å²) in [5, 5.41) is 3.33. The van der Waals surface area contributed by atoms with E-state index in [1.807, 2.05) is 6.92 Å². The van der Waals surface area contributed by atoms with Crippen molar-refractivity contribution >= 4 is 33.2 Å². The summed E-state index contributed by atoms with van der Waals surface area (Å²) in [5.74, 6) is -0.241. The van der Waals surface area contributed by atoms with Crippen LogP contribution >= 0.6 is 11.6 Å². The van der Waals surface area contributed by atoms with Crippen LogP contribution < -0.4 is 5.32 Å². The molecule has 5 nitrogen and oxygen atoms in total. The van der Waals surface area contributed by atoms with E-state index in [0.29, 0.717) is 10.7 Å². The van der Waals surface area contributed by atoms with Gasteiger partial charge in [-0.05, 0) is 38.5 Å². The molecule has 1 aromatic rings. The van der Waals surface area contributed by atoms with Crippen LogP contribution in [-0.2, 0) is 14.8 Å². The van der Waals surface area contributed by atoms with Crippen molar-refractivity contribution in [3.8, 4) is 0 Å².